The van der Waals surface area contributed by atoms with Crippen LogP contribution in [0.25, 0.3) is 0 Å². The van der Waals surface area contributed by atoms with Gasteiger partial charge < -0.3 is 10.0 Å². The Hall–Kier alpha value is -0.860. The number of aliphatic hydroxyl groups excluding tert-OH is 1. The largest absolute Gasteiger partial charge is 0.392 e. The molecule has 0 atom stereocenters. The first kappa shape index (κ1) is 13.6. The predicted octanol–water partition coefficient (Wildman–Crippen LogP) is 3.19. The Labute approximate surface area is 111 Å². The van der Waals surface area contributed by atoms with Crippen molar-refractivity contribution in [2.24, 2.45) is 5.92 Å². The van der Waals surface area contributed by atoms with Gasteiger partial charge in [0.2, 0.25) is 0 Å². The summed E-state index contributed by atoms with van der Waals surface area (Å²) in [7, 11) is 2.22. The summed E-state index contributed by atoms with van der Waals surface area (Å²) in [4.78, 5) is 2.43. The average molecular weight is 247 g/mol. The number of rotatable bonds is 5. The van der Waals surface area contributed by atoms with Crippen molar-refractivity contribution in [3.63, 3.8) is 0 Å². The molecule has 0 saturated heterocycles. The number of benzene rings is 1. The first-order chi connectivity index (χ1) is 8.78. The monoisotopic (exact) mass is 247 g/mol. The molecule has 100 valence electrons. The summed E-state index contributed by atoms with van der Waals surface area (Å²) in [6, 6.07) is 8.29. The number of aliphatic hydroxyl groups is 1. The molecule has 0 unspecified atom stereocenters. The van der Waals surface area contributed by atoms with Gasteiger partial charge in [-0.2, -0.15) is 0 Å². The van der Waals surface area contributed by atoms with Crippen molar-refractivity contribution in [2.45, 2.75) is 45.3 Å². The zero-order valence-electron chi connectivity index (χ0n) is 11.4. The number of nitrogens with zero attached hydrogens (tertiary/aromatic N) is 1. The summed E-state index contributed by atoms with van der Waals surface area (Å²) in [5, 5.41) is 9.02. The highest BCUT2D eigenvalue weighted by Gasteiger charge is 2.15. The van der Waals surface area contributed by atoms with Crippen LogP contribution in [-0.4, -0.2) is 23.6 Å². The number of hydrogen-bond donors (Lipinski definition) is 1. The molecule has 2 heteroatoms. The van der Waals surface area contributed by atoms with E-state index in [9.17, 15) is 0 Å². The van der Waals surface area contributed by atoms with Gasteiger partial charge in [-0.1, -0.05) is 43.5 Å². The molecule has 0 bridgehead atoms. The van der Waals surface area contributed by atoms with Gasteiger partial charge in [0.05, 0.1) is 6.61 Å². The molecule has 0 radical (unpaired) electrons. The molecule has 1 saturated carbocycles. The average Bonchev–Trinajstić information content (AvgIpc) is 2.40. The molecule has 2 rings (SSSR count). The van der Waals surface area contributed by atoms with Gasteiger partial charge in [0.1, 0.15) is 0 Å². The highest BCUT2D eigenvalue weighted by atomic mass is 16.3. The lowest BCUT2D eigenvalue weighted by molar-refractivity contribution is 0.228. The van der Waals surface area contributed by atoms with Crippen LogP contribution >= 0.6 is 0 Å². The highest BCUT2D eigenvalue weighted by molar-refractivity contribution is 5.21. The van der Waals surface area contributed by atoms with Crippen molar-refractivity contribution in [3.05, 3.63) is 35.4 Å². The summed E-state index contributed by atoms with van der Waals surface area (Å²) in [6.45, 7) is 2.38. The maximum absolute atomic E-state index is 9.02. The zero-order chi connectivity index (χ0) is 12.8. The molecular weight excluding hydrogens is 222 g/mol. The van der Waals surface area contributed by atoms with Gasteiger partial charge in [0.25, 0.3) is 0 Å². The molecule has 1 aliphatic carbocycles. The second-order valence-corrected chi connectivity index (χ2v) is 5.68. The molecular formula is C16H25NO. The van der Waals surface area contributed by atoms with Gasteiger partial charge in [0, 0.05) is 13.1 Å². The normalized spacial score (nSPS) is 17.3. The molecule has 0 aliphatic heterocycles. The minimum atomic E-state index is 0.137. The molecule has 2 nitrogen and oxygen atoms in total. The Morgan fingerprint density at radius 1 is 1.06 bits per heavy atom. The molecule has 1 aromatic rings. The summed E-state index contributed by atoms with van der Waals surface area (Å²) < 4.78 is 0. The van der Waals surface area contributed by atoms with Gasteiger partial charge in [0.15, 0.2) is 0 Å². The van der Waals surface area contributed by atoms with Crippen LogP contribution in [-0.2, 0) is 13.2 Å². The van der Waals surface area contributed by atoms with Gasteiger partial charge in [-0.15, -0.1) is 0 Å². The third-order valence-corrected chi connectivity index (χ3v) is 3.95. The van der Waals surface area contributed by atoms with E-state index in [1.54, 1.807) is 0 Å². The van der Waals surface area contributed by atoms with Crippen molar-refractivity contribution in [1.29, 1.82) is 0 Å². The third kappa shape index (κ3) is 4.11. The Morgan fingerprint density at radius 2 is 1.67 bits per heavy atom. The van der Waals surface area contributed by atoms with Crippen molar-refractivity contribution < 1.29 is 5.11 Å². The van der Waals surface area contributed by atoms with E-state index in [0.29, 0.717) is 0 Å². The van der Waals surface area contributed by atoms with Gasteiger partial charge in [-0.05, 0) is 36.9 Å². The summed E-state index contributed by atoms with van der Waals surface area (Å²) >= 11 is 0. The summed E-state index contributed by atoms with van der Waals surface area (Å²) in [5.74, 6) is 0.903. The van der Waals surface area contributed by atoms with Crippen LogP contribution in [0, 0.1) is 5.92 Å². The molecule has 1 N–H and O–H groups in total. The Kier molecular flexibility index (Phi) is 5.21. The SMILES string of the molecule is CN(Cc1ccc(CO)cc1)CC1CCCCC1. The van der Waals surface area contributed by atoms with Crippen LogP contribution in [0.1, 0.15) is 43.2 Å². The van der Waals surface area contributed by atoms with Crippen LogP contribution in [0.4, 0.5) is 0 Å². The van der Waals surface area contributed by atoms with Crippen molar-refractivity contribution in [2.75, 3.05) is 13.6 Å². The lowest BCUT2D eigenvalue weighted by atomic mass is 9.89. The van der Waals surface area contributed by atoms with Gasteiger partial charge in [-0.3, -0.25) is 0 Å². The van der Waals surface area contributed by atoms with E-state index in [0.717, 1.165) is 18.0 Å². The molecule has 1 aromatic carbocycles. The third-order valence-electron chi connectivity index (χ3n) is 3.95. The van der Waals surface area contributed by atoms with Gasteiger partial charge >= 0.3 is 0 Å². The van der Waals surface area contributed by atoms with E-state index in [1.807, 2.05) is 12.1 Å². The lowest BCUT2D eigenvalue weighted by Gasteiger charge is -2.27. The van der Waals surface area contributed by atoms with E-state index in [1.165, 1.54) is 44.2 Å². The summed E-state index contributed by atoms with van der Waals surface area (Å²) in [6.07, 6.45) is 7.10. The molecule has 0 spiro atoms. The predicted molar refractivity (Wildman–Crippen MR) is 75.3 cm³/mol. The second-order valence-electron chi connectivity index (χ2n) is 5.68. The van der Waals surface area contributed by atoms with Crippen LogP contribution in [0.2, 0.25) is 0 Å². The van der Waals surface area contributed by atoms with E-state index < -0.39 is 0 Å². The first-order valence-corrected chi connectivity index (χ1v) is 7.15. The maximum Gasteiger partial charge on any atom is 0.0681 e. The van der Waals surface area contributed by atoms with Crippen molar-refractivity contribution in [1.82, 2.24) is 4.90 Å². The van der Waals surface area contributed by atoms with E-state index in [2.05, 4.69) is 24.1 Å². The fourth-order valence-corrected chi connectivity index (χ4v) is 2.94. The molecule has 0 amide bonds. The standard InChI is InChI=1S/C16H25NO/c1-17(11-14-5-3-2-4-6-14)12-15-7-9-16(13-18)10-8-15/h7-10,14,18H,2-6,11-13H2,1H3. The second kappa shape index (κ2) is 6.91. The zero-order valence-corrected chi connectivity index (χ0v) is 11.4. The number of hydrogen-bond acceptors (Lipinski definition) is 2. The smallest absolute Gasteiger partial charge is 0.0681 e. The summed E-state index contributed by atoms with van der Waals surface area (Å²) in [5.41, 5.74) is 2.33. The Balaban J connectivity index is 1.80. The van der Waals surface area contributed by atoms with E-state index in [4.69, 9.17) is 5.11 Å². The van der Waals surface area contributed by atoms with Crippen molar-refractivity contribution >= 4 is 0 Å². The molecule has 1 fully saturated rings. The minimum Gasteiger partial charge on any atom is -0.392 e. The molecule has 0 aromatic heterocycles. The molecule has 18 heavy (non-hydrogen) atoms. The topological polar surface area (TPSA) is 23.5 Å². The minimum absolute atomic E-state index is 0.137. The van der Waals surface area contributed by atoms with Crippen LogP contribution in [0.15, 0.2) is 24.3 Å². The van der Waals surface area contributed by atoms with E-state index >= 15 is 0 Å². The van der Waals surface area contributed by atoms with Crippen LogP contribution in [0.5, 0.6) is 0 Å². The highest BCUT2D eigenvalue weighted by Crippen LogP contribution is 2.24. The fraction of sp³-hybridized carbons (Fsp3) is 0.625. The van der Waals surface area contributed by atoms with Crippen molar-refractivity contribution in [3.8, 4) is 0 Å². The van der Waals surface area contributed by atoms with E-state index in [-0.39, 0.29) is 6.61 Å². The molecule has 1 aliphatic rings. The first-order valence-electron chi connectivity index (χ1n) is 7.15. The fourth-order valence-electron chi connectivity index (χ4n) is 2.94. The van der Waals surface area contributed by atoms with Crippen LogP contribution in [0.3, 0.4) is 0 Å². The quantitative estimate of drug-likeness (QED) is 0.863. The maximum atomic E-state index is 9.02. The van der Waals surface area contributed by atoms with Gasteiger partial charge in [-0.25, -0.2) is 0 Å². The molecule has 0 heterocycles. The Bertz CT molecular complexity index is 341. The van der Waals surface area contributed by atoms with Crippen LogP contribution < -0.4 is 0 Å². The lowest BCUT2D eigenvalue weighted by Crippen LogP contribution is -2.26. The Morgan fingerprint density at radius 3 is 2.28 bits per heavy atom.